The minimum atomic E-state index is 1.15. The van der Waals surface area contributed by atoms with Gasteiger partial charge in [0, 0.05) is 65.8 Å². The molecule has 468 valence electrons. The molecule has 0 fully saturated rings. The van der Waals surface area contributed by atoms with Gasteiger partial charge in [0.2, 0.25) is 0 Å². The molecule has 4 heteroatoms. The maximum Gasteiger partial charge on any atom is 0.0548 e. The lowest BCUT2D eigenvalue weighted by molar-refractivity contribution is 1.17. The molecule has 0 aliphatic carbocycles. The maximum atomic E-state index is 2.46. The first kappa shape index (κ1) is 58.1. The van der Waals surface area contributed by atoms with E-state index in [1.54, 1.807) is 0 Å². The molecule has 0 saturated carbocycles. The highest BCUT2D eigenvalue weighted by Gasteiger charge is 2.24. The van der Waals surface area contributed by atoms with Crippen molar-refractivity contribution in [2.75, 3.05) is 0 Å². The van der Waals surface area contributed by atoms with Crippen molar-refractivity contribution in [3.05, 3.63) is 388 Å². The molecule has 4 nitrogen and oxygen atoms in total. The van der Waals surface area contributed by atoms with Crippen LogP contribution in [-0.2, 0) is 0 Å². The Morgan fingerprint density at radius 1 is 0.120 bits per heavy atom. The number of aromatic nitrogens is 4. The van der Waals surface area contributed by atoms with Crippen LogP contribution in [0.3, 0.4) is 0 Å². The third-order valence-corrected chi connectivity index (χ3v) is 20.2. The number of rotatable bonds is 10. The van der Waals surface area contributed by atoms with Gasteiger partial charge in [0.15, 0.2) is 0 Å². The van der Waals surface area contributed by atoms with Crippen LogP contribution in [0.25, 0.3) is 177 Å². The summed E-state index contributed by atoms with van der Waals surface area (Å²) in [4.78, 5) is 0. The highest BCUT2D eigenvalue weighted by Crippen LogP contribution is 2.46. The fourth-order valence-corrected chi connectivity index (χ4v) is 15.7. The van der Waals surface area contributed by atoms with Crippen molar-refractivity contribution in [3.8, 4) is 89.5 Å². The van der Waals surface area contributed by atoms with Crippen LogP contribution >= 0.6 is 0 Å². The Hall–Kier alpha value is -13.3. The topological polar surface area (TPSA) is 19.7 Å². The fraction of sp³-hybridized carbons (Fsp3) is 0. The summed E-state index contributed by atoms with van der Waals surface area (Å²) < 4.78 is 9.75. The molecule has 0 bridgehead atoms. The van der Waals surface area contributed by atoms with E-state index < -0.39 is 0 Å². The van der Waals surface area contributed by atoms with Crippen LogP contribution in [0.5, 0.6) is 0 Å². The van der Waals surface area contributed by atoms with Crippen LogP contribution in [0.2, 0.25) is 0 Å². The molecule has 0 spiro atoms. The Bertz CT molecular complexity index is 6400. The summed E-state index contributed by atoms with van der Waals surface area (Å²) in [5.74, 6) is 0. The second kappa shape index (κ2) is 24.4. The van der Waals surface area contributed by atoms with Gasteiger partial charge in [0.25, 0.3) is 0 Å². The Morgan fingerprint density at radius 3 is 0.710 bits per heavy atom. The van der Waals surface area contributed by atoms with Crippen molar-refractivity contribution in [1.82, 2.24) is 18.3 Å². The number of benzene rings is 16. The molecule has 0 unspecified atom stereocenters. The third kappa shape index (κ3) is 9.92. The normalized spacial score (nSPS) is 11.6. The Balaban J connectivity index is 0.000000139. The molecule has 0 saturated heterocycles. The molecule has 20 rings (SSSR count). The molecule has 0 amide bonds. The van der Waals surface area contributed by atoms with E-state index in [-0.39, 0.29) is 0 Å². The fourth-order valence-electron chi connectivity index (χ4n) is 15.7. The van der Waals surface area contributed by atoms with Gasteiger partial charge in [-0.25, -0.2) is 0 Å². The Morgan fingerprint density at radius 2 is 0.350 bits per heavy atom. The van der Waals surface area contributed by atoms with Gasteiger partial charge >= 0.3 is 0 Å². The number of nitrogens with zero attached hydrogens (tertiary/aromatic N) is 4. The zero-order valence-electron chi connectivity index (χ0n) is 54.7. The first-order valence-corrected chi connectivity index (χ1v) is 34.4. The van der Waals surface area contributed by atoms with E-state index in [4.69, 9.17) is 0 Å². The standard InChI is InChI=1S/2C48H32N2/c1-4-14-33(15-5-1)36-24-26-39(27-25-36)49-43-22-12-10-20-41(43)47-45(49)28-29-46-48(47)42-21-11-13-23-44(42)50(46)40-31-37(34-16-6-2-7-17-34)30-38(32-40)35-18-8-3-9-19-35;1-3-13-33(14-4-1)35-25-27-39(28-26-35)49-43-23-9-7-21-41(43)47-45(49)29-30-46-48(47)42-22-8-10-24-44(42)50(46)40-20-12-19-38(32-40)37-18-11-17-36(31-37)34-15-5-2-6-16-34/h2*1-32H. The molecule has 0 N–H and O–H groups in total. The summed E-state index contributed by atoms with van der Waals surface area (Å²) in [6, 6.07) is 141. The zero-order chi connectivity index (χ0) is 66.0. The Kier molecular flexibility index (Phi) is 14.2. The minimum absolute atomic E-state index is 1.15. The maximum absolute atomic E-state index is 2.46. The third-order valence-electron chi connectivity index (χ3n) is 20.2. The number of fused-ring (bicyclic) bond motifs is 14. The predicted octanol–water partition coefficient (Wildman–Crippen LogP) is 25.8. The molecule has 0 aliphatic heterocycles. The highest BCUT2D eigenvalue weighted by atomic mass is 15.0. The first-order valence-electron chi connectivity index (χ1n) is 34.4. The van der Waals surface area contributed by atoms with Crippen molar-refractivity contribution < 1.29 is 0 Å². The summed E-state index contributed by atoms with van der Waals surface area (Å²) in [5, 5.41) is 10.1. The first-order chi connectivity index (χ1) is 49.6. The highest BCUT2D eigenvalue weighted by molar-refractivity contribution is 6.30. The summed E-state index contributed by atoms with van der Waals surface area (Å²) in [5.41, 5.74) is 28.8. The van der Waals surface area contributed by atoms with E-state index in [1.807, 2.05) is 0 Å². The van der Waals surface area contributed by atoms with E-state index in [2.05, 4.69) is 407 Å². The van der Waals surface area contributed by atoms with Gasteiger partial charge < -0.3 is 18.3 Å². The van der Waals surface area contributed by atoms with E-state index in [9.17, 15) is 0 Å². The summed E-state index contributed by atoms with van der Waals surface area (Å²) in [6.07, 6.45) is 0. The Labute approximate surface area is 579 Å². The smallest absolute Gasteiger partial charge is 0.0548 e. The largest absolute Gasteiger partial charge is 0.309 e. The second-order valence-corrected chi connectivity index (χ2v) is 25.9. The summed E-state index contributed by atoms with van der Waals surface area (Å²) in [6.45, 7) is 0. The average molecular weight is 1270 g/mol. The quantitative estimate of drug-likeness (QED) is 0.130. The van der Waals surface area contributed by atoms with Crippen LogP contribution in [0.15, 0.2) is 388 Å². The number of para-hydroxylation sites is 4. The van der Waals surface area contributed by atoms with E-state index in [1.165, 1.54) is 154 Å². The van der Waals surface area contributed by atoms with Crippen LogP contribution in [0.1, 0.15) is 0 Å². The second-order valence-electron chi connectivity index (χ2n) is 25.9. The van der Waals surface area contributed by atoms with Gasteiger partial charge in [-0.2, -0.15) is 0 Å². The van der Waals surface area contributed by atoms with Gasteiger partial charge in [0.05, 0.1) is 44.1 Å². The van der Waals surface area contributed by atoms with Crippen molar-refractivity contribution in [2.24, 2.45) is 0 Å². The van der Waals surface area contributed by atoms with E-state index >= 15 is 0 Å². The van der Waals surface area contributed by atoms with E-state index in [0.717, 1.165) is 22.7 Å². The average Bonchev–Trinajstić information content (AvgIpc) is 1.55. The van der Waals surface area contributed by atoms with Crippen molar-refractivity contribution in [2.45, 2.75) is 0 Å². The zero-order valence-corrected chi connectivity index (χ0v) is 54.7. The van der Waals surface area contributed by atoms with Crippen LogP contribution in [0, 0.1) is 0 Å². The SMILES string of the molecule is c1ccc(-c2ccc(-n3c4ccccc4c4c5c6ccccc6n(-c6cc(-c7ccccc7)cc(-c7ccccc7)c6)c5ccc43)cc2)cc1.c1ccc(-c2ccc(-n3c4ccccc4c4c5c6ccccc6n(-c6cccc(-c7cccc(-c8ccccc8)c7)c6)c5ccc43)cc2)cc1. The van der Waals surface area contributed by atoms with Crippen LogP contribution in [0.4, 0.5) is 0 Å². The molecule has 4 heterocycles. The molecule has 16 aromatic carbocycles. The van der Waals surface area contributed by atoms with Gasteiger partial charge in [-0.15, -0.1) is 0 Å². The lowest BCUT2D eigenvalue weighted by Gasteiger charge is -2.14. The summed E-state index contributed by atoms with van der Waals surface area (Å²) >= 11 is 0. The number of hydrogen-bond acceptors (Lipinski definition) is 0. The van der Waals surface area contributed by atoms with Crippen molar-refractivity contribution in [3.63, 3.8) is 0 Å². The molecular weight excluding hydrogens is 1210 g/mol. The summed E-state index contributed by atoms with van der Waals surface area (Å²) in [7, 11) is 0. The van der Waals surface area contributed by atoms with Crippen molar-refractivity contribution in [1.29, 1.82) is 0 Å². The molecular formula is C96H64N4. The van der Waals surface area contributed by atoms with E-state index in [0.29, 0.717) is 0 Å². The van der Waals surface area contributed by atoms with Gasteiger partial charge in [-0.1, -0.05) is 279 Å². The molecule has 0 radical (unpaired) electrons. The minimum Gasteiger partial charge on any atom is -0.309 e. The van der Waals surface area contributed by atoms with Crippen molar-refractivity contribution >= 4 is 87.2 Å². The van der Waals surface area contributed by atoms with Crippen LogP contribution in [-0.4, -0.2) is 18.3 Å². The lowest BCUT2D eigenvalue weighted by atomic mass is 9.98. The predicted molar refractivity (Wildman–Crippen MR) is 423 cm³/mol. The van der Waals surface area contributed by atoms with Crippen LogP contribution < -0.4 is 0 Å². The number of hydrogen-bond donors (Lipinski definition) is 0. The molecule has 100 heavy (non-hydrogen) atoms. The molecule has 0 atom stereocenters. The van der Waals surface area contributed by atoms with Gasteiger partial charge in [-0.05, 0) is 176 Å². The lowest BCUT2D eigenvalue weighted by Crippen LogP contribution is -1.96. The molecule has 20 aromatic rings. The molecule has 0 aliphatic rings. The molecule has 4 aromatic heterocycles. The monoisotopic (exact) mass is 1270 g/mol. The van der Waals surface area contributed by atoms with Gasteiger partial charge in [-0.3, -0.25) is 0 Å². The van der Waals surface area contributed by atoms with Gasteiger partial charge in [0.1, 0.15) is 0 Å².